The Morgan fingerprint density at radius 1 is 1.12 bits per heavy atom. The number of hydrogen-bond acceptors (Lipinski definition) is 1. The molecule has 17 heavy (non-hydrogen) atoms. The van der Waals surface area contributed by atoms with Crippen LogP contribution in [0, 0.1) is 12.7 Å². The third-order valence-electron chi connectivity index (χ3n) is 2.53. The summed E-state index contributed by atoms with van der Waals surface area (Å²) in [6.45, 7) is 1.40. The van der Waals surface area contributed by atoms with Crippen molar-refractivity contribution in [2.75, 3.05) is 0 Å². The molecule has 0 fully saturated rings. The molecule has 0 aliphatic rings. The molecule has 1 nitrogen and oxygen atoms in total. The van der Waals surface area contributed by atoms with Gasteiger partial charge in [0.25, 0.3) is 0 Å². The number of halogens is 4. The molecule has 0 heterocycles. The molecule has 0 bridgehead atoms. The second-order valence-electron chi connectivity index (χ2n) is 3.78. The first-order chi connectivity index (χ1) is 7.80. The topological polar surface area (TPSA) is 20.2 Å². The van der Waals surface area contributed by atoms with Gasteiger partial charge in [-0.05, 0) is 36.1 Å². The average molecular weight is 244 g/mol. The number of phenols is 1. The van der Waals surface area contributed by atoms with Gasteiger partial charge in [0.2, 0.25) is 0 Å². The van der Waals surface area contributed by atoms with Gasteiger partial charge in [-0.2, -0.15) is 13.2 Å². The Labute approximate surface area is 94.3 Å². The van der Waals surface area contributed by atoms with Crippen molar-refractivity contribution in [1.29, 1.82) is 0 Å². The fourth-order valence-electron chi connectivity index (χ4n) is 1.91. The molecule has 0 amide bonds. The van der Waals surface area contributed by atoms with E-state index in [-0.39, 0.29) is 22.1 Å². The first-order valence-electron chi connectivity index (χ1n) is 4.79. The standard InChI is InChI=1S/C12H8F4O/c1-6-4-8(17)5-7-2-3-9(13)11(10(6)7)12(14,15)16/h2-5,17H,1H3. The van der Waals surface area contributed by atoms with E-state index in [1.54, 1.807) is 0 Å². The summed E-state index contributed by atoms with van der Waals surface area (Å²) in [7, 11) is 0. The van der Waals surface area contributed by atoms with E-state index in [0.717, 1.165) is 6.07 Å². The van der Waals surface area contributed by atoms with Crippen molar-refractivity contribution in [1.82, 2.24) is 0 Å². The normalized spacial score (nSPS) is 12.1. The molecule has 0 saturated carbocycles. The molecule has 1 N–H and O–H groups in total. The minimum atomic E-state index is -4.76. The highest BCUT2D eigenvalue weighted by Crippen LogP contribution is 2.39. The SMILES string of the molecule is Cc1cc(O)cc2ccc(F)c(C(F)(F)F)c12. The molecule has 2 aromatic carbocycles. The lowest BCUT2D eigenvalue weighted by Gasteiger charge is -2.13. The maximum absolute atomic E-state index is 13.3. The average Bonchev–Trinajstić information content (AvgIpc) is 2.16. The predicted octanol–water partition coefficient (Wildman–Crippen LogP) is 4.01. The van der Waals surface area contributed by atoms with Gasteiger partial charge in [0.15, 0.2) is 0 Å². The lowest BCUT2D eigenvalue weighted by Crippen LogP contribution is -2.09. The van der Waals surface area contributed by atoms with Gasteiger partial charge in [-0.1, -0.05) is 6.07 Å². The molecular formula is C12H8F4O. The van der Waals surface area contributed by atoms with Crippen LogP contribution in [0.2, 0.25) is 0 Å². The maximum atomic E-state index is 13.3. The number of phenolic OH excluding ortho intramolecular Hbond substituents is 1. The second-order valence-corrected chi connectivity index (χ2v) is 3.78. The minimum absolute atomic E-state index is 0.144. The molecule has 0 unspecified atom stereocenters. The lowest BCUT2D eigenvalue weighted by atomic mass is 9.98. The van der Waals surface area contributed by atoms with Crippen molar-refractivity contribution in [2.24, 2.45) is 0 Å². The number of aryl methyl sites for hydroxylation is 1. The Balaban J connectivity index is 2.95. The number of aromatic hydroxyl groups is 1. The summed E-state index contributed by atoms with van der Waals surface area (Å²) in [5.74, 6) is -1.45. The van der Waals surface area contributed by atoms with Crippen LogP contribution in [0.4, 0.5) is 17.6 Å². The van der Waals surface area contributed by atoms with Gasteiger partial charge >= 0.3 is 6.18 Å². The van der Waals surface area contributed by atoms with Crippen LogP contribution in [0.3, 0.4) is 0 Å². The lowest BCUT2D eigenvalue weighted by molar-refractivity contribution is -0.138. The Morgan fingerprint density at radius 3 is 2.35 bits per heavy atom. The van der Waals surface area contributed by atoms with E-state index in [9.17, 15) is 22.7 Å². The van der Waals surface area contributed by atoms with Gasteiger partial charge in [0.1, 0.15) is 11.6 Å². The zero-order valence-corrected chi connectivity index (χ0v) is 8.77. The van der Waals surface area contributed by atoms with Crippen LogP contribution in [-0.2, 0) is 6.18 Å². The first-order valence-corrected chi connectivity index (χ1v) is 4.79. The van der Waals surface area contributed by atoms with Crippen LogP contribution in [0.1, 0.15) is 11.1 Å². The molecule has 0 spiro atoms. The summed E-state index contributed by atoms with van der Waals surface area (Å²) in [6, 6.07) is 4.32. The van der Waals surface area contributed by atoms with Gasteiger partial charge in [-0.15, -0.1) is 0 Å². The van der Waals surface area contributed by atoms with E-state index in [4.69, 9.17) is 0 Å². The number of fused-ring (bicyclic) bond motifs is 1. The van der Waals surface area contributed by atoms with E-state index >= 15 is 0 Å². The van der Waals surface area contributed by atoms with Gasteiger partial charge in [0.05, 0.1) is 5.56 Å². The highest BCUT2D eigenvalue weighted by molar-refractivity contribution is 5.90. The second kappa shape index (κ2) is 3.61. The third-order valence-corrected chi connectivity index (χ3v) is 2.53. The zero-order chi connectivity index (χ0) is 12.8. The molecule has 5 heteroatoms. The molecule has 0 atom stereocenters. The summed E-state index contributed by atoms with van der Waals surface area (Å²) in [5, 5.41) is 9.25. The molecule has 90 valence electrons. The van der Waals surface area contributed by atoms with Crippen LogP contribution in [0.5, 0.6) is 5.75 Å². The van der Waals surface area contributed by atoms with Crippen LogP contribution >= 0.6 is 0 Å². The number of benzene rings is 2. The molecule has 0 aromatic heterocycles. The Kier molecular flexibility index (Phi) is 2.49. The molecule has 2 rings (SSSR count). The molecule has 0 aliphatic carbocycles. The largest absolute Gasteiger partial charge is 0.508 e. The van der Waals surface area contributed by atoms with Crippen LogP contribution in [0.25, 0.3) is 10.8 Å². The number of hydrogen-bond donors (Lipinski definition) is 1. The highest BCUT2D eigenvalue weighted by Gasteiger charge is 2.36. The summed E-state index contributed by atoms with van der Waals surface area (Å²) in [4.78, 5) is 0. The van der Waals surface area contributed by atoms with Gasteiger partial charge in [-0.25, -0.2) is 4.39 Å². The zero-order valence-electron chi connectivity index (χ0n) is 8.77. The quantitative estimate of drug-likeness (QED) is 0.694. The van der Waals surface area contributed by atoms with Crippen molar-refractivity contribution < 1.29 is 22.7 Å². The van der Waals surface area contributed by atoms with Crippen LogP contribution in [0.15, 0.2) is 24.3 Å². The third kappa shape index (κ3) is 1.92. The van der Waals surface area contributed by atoms with Crippen LogP contribution in [-0.4, -0.2) is 5.11 Å². The summed E-state index contributed by atoms with van der Waals surface area (Å²) in [6.07, 6.45) is -4.76. The van der Waals surface area contributed by atoms with Crippen molar-refractivity contribution in [3.63, 3.8) is 0 Å². The van der Waals surface area contributed by atoms with Gasteiger partial charge in [-0.3, -0.25) is 0 Å². The van der Waals surface area contributed by atoms with Crippen LogP contribution < -0.4 is 0 Å². The smallest absolute Gasteiger partial charge is 0.419 e. The van der Waals surface area contributed by atoms with Gasteiger partial charge in [0, 0.05) is 5.39 Å². The molecule has 0 radical (unpaired) electrons. The number of alkyl halides is 3. The highest BCUT2D eigenvalue weighted by atomic mass is 19.4. The monoisotopic (exact) mass is 244 g/mol. The predicted molar refractivity (Wildman–Crippen MR) is 55.3 cm³/mol. The first kappa shape index (κ1) is 11.7. The number of rotatable bonds is 0. The van der Waals surface area contributed by atoms with E-state index < -0.39 is 17.6 Å². The van der Waals surface area contributed by atoms with Crippen molar-refractivity contribution in [3.05, 3.63) is 41.2 Å². The fourth-order valence-corrected chi connectivity index (χ4v) is 1.91. The summed E-state index contributed by atoms with van der Waals surface area (Å²) in [5.41, 5.74) is -1.10. The van der Waals surface area contributed by atoms with Crippen molar-refractivity contribution in [3.8, 4) is 5.75 Å². The maximum Gasteiger partial charge on any atom is 0.419 e. The Bertz CT molecular complexity index is 587. The fraction of sp³-hybridized carbons (Fsp3) is 0.167. The van der Waals surface area contributed by atoms with Gasteiger partial charge < -0.3 is 5.11 Å². The van der Waals surface area contributed by atoms with E-state index in [1.165, 1.54) is 25.1 Å². The molecular weight excluding hydrogens is 236 g/mol. The summed E-state index contributed by atoms with van der Waals surface area (Å²) < 4.78 is 51.6. The van der Waals surface area contributed by atoms with E-state index in [2.05, 4.69) is 0 Å². The Hall–Kier alpha value is -1.78. The Morgan fingerprint density at radius 2 is 1.76 bits per heavy atom. The van der Waals surface area contributed by atoms with E-state index in [1.807, 2.05) is 0 Å². The summed E-state index contributed by atoms with van der Waals surface area (Å²) >= 11 is 0. The van der Waals surface area contributed by atoms with Crippen molar-refractivity contribution in [2.45, 2.75) is 13.1 Å². The molecule has 0 saturated heterocycles. The molecule has 2 aromatic rings. The van der Waals surface area contributed by atoms with Crippen molar-refractivity contribution >= 4 is 10.8 Å². The minimum Gasteiger partial charge on any atom is -0.508 e. The molecule has 0 aliphatic heterocycles. The van der Waals surface area contributed by atoms with E-state index in [0.29, 0.717) is 0 Å².